The molecule has 0 aliphatic rings. The Kier molecular flexibility index (Phi) is 9.03. The quantitative estimate of drug-likeness (QED) is 0.563. The van der Waals surface area contributed by atoms with Crippen LogP contribution in [0.1, 0.15) is 19.4 Å². The zero-order chi connectivity index (χ0) is 23.9. The van der Waals surface area contributed by atoms with Gasteiger partial charge in [-0.25, -0.2) is 12.8 Å². The number of likely N-dealkylation sites (N-methyl/N-ethyl adjacent to an activating group) is 1. The van der Waals surface area contributed by atoms with Gasteiger partial charge >= 0.3 is 0 Å². The van der Waals surface area contributed by atoms with E-state index in [1.807, 2.05) is 30.3 Å². The van der Waals surface area contributed by atoms with Crippen molar-refractivity contribution in [1.29, 1.82) is 0 Å². The minimum Gasteiger partial charge on any atom is -0.355 e. The number of halogens is 2. The molecule has 0 saturated carbocycles. The highest BCUT2D eigenvalue weighted by atomic mass is 35.5. The molecule has 1 atom stereocenters. The number of anilines is 1. The number of hydrogen-bond acceptors (Lipinski definition) is 4. The molecule has 0 fully saturated rings. The summed E-state index contributed by atoms with van der Waals surface area (Å²) in [4.78, 5) is 27.0. The summed E-state index contributed by atoms with van der Waals surface area (Å²) in [5, 5.41) is 2.42. The average molecular weight is 484 g/mol. The van der Waals surface area contributed by atoms with Crippen molar-refractivity contribution >= 4 is 39.1 Å². The van der Waals surface area contributed by atoms with E-state index in [0.717, 1.165) is 28.3 Å². The van der Waals surface area contributed by atoms with Crippen molar-refractivity contribution in [2.24, 2.45) is 0 Å². The Hall–Kier alpha value is -2.65. The van der Waals surface area contributed by atoms with Crippen molar-refractivity contribution in [1.82, 2.24) is 10.2 Å². The fraction of sp³-hybridized carbons (Fsp3) is 0.364. The normalized spacial score (nSPS) is 12.2. The Labute approximate surface area is 193 Å². The van der Waals surface area contributed by atoms with Crippen LogP contribution < -0.4 is 9.62 Å². The summed E-state index contributed by atoms with van der Waals surface area (Å²) in [5.41, 5.74) is 1.03. The van der Waals surface area contributed by atoms with Gasteiger partial charge in [0.15, 0.2) is 0 Å². The lowest BCUT2D eigenvalue weighted by Gasteiger charge is -2.31. The number of carbonyl (C=O) groups is 2. The smallest absolute Gasteiger partial charge is 0.244 e. The van der Waals surface area contributed by atoms with Gasteiger partial charge in [0.1, 0.15) is 18.4 Å². The zero-order valence-electron chi connectivity index (χ0n) is 18.2. The molecule has 1 N–H and O–H groups in total. The number of benzene rings is 2. The second-order valence-electron chi connectivity index (χ2n) is 7.26. The van der Waals surface area contributed by atoms with Crippen molar-refractivity contribution in [2.45, 2.75) is 26.3 Å². The predicted octanol–water partition coefficient (Wildman–Crippen LogP) is 2.84. The van der Waals surface area contributed by atoms with Crippen LogP contribution in [0.15, 0.2) is 48.5 Å². The fourth-order valence-corrected chi connectivity index (χ4v) is 4.16. The molecule has 2 rings (SSSR count). The molecule has 0 saturated heterocycles. The summed E-state index contributed by atoms with van der Waals surface area (Å²) in [6, 6.07) is 12.0. The van der Waals surface area contributed by atoms with Gasteiger partial charge in [0.25, 0.3) is 0 Å². The molecule has 0 bridgehead atoms. The van der Waals surface area contributed by atoms with Crippen LogP contribution in [0.5, 0.6) is 0 Å². The van der Waals surface area contributed by atoms with Crippen LogP contribution in [0.4, 0.5) is 10.1 Å². The minimum atomic E-state index is -3.90. The van der Waals surface area contributed by atoms with Crippen LogP contribution in [-0.4, -0.2) is 57.1 Å². The molecule has 174 valence electrons. The molecule has 0 aliphatic heterocycles. The van der Waals surface area contributed by atoms with Gasteiger partial charge < -0.3 is 10.2 Å². The SMILES string of the molecule is CCNC(=O)[C@H](C)N(CCc1ccccc1)C(=O)CN(c1ccc(F)c(Cl)c1)S(C)(=O)=O. The van der Waals surface area contributed by atoms with Crippen molar-refractivity contribution in [3.63, 3.8) is 0 Å². The summed E-state index contributed by atoms with van der Waals surface area (Å²) in [7, 11) is -3.90. The van der Waals surface area contributed by atoms with E-state index in [4.69, 9.17) is 11.6 Å². The standard InChI is InChI=1S/C22H27ClFN3O4S/c1-4-25-22(29)16(2)26(13-12-17-8-6-5-7-9-17)21(28)15-27(32(3,30)31)18-10-11-20(24)19(23)14-18/h5-11,14,16H,4,12-13,15H2,1-3H3,(H,25,29)/t16-/m0/s1. The minimum absolute atomic E-state index is 0.0564. The molecule has 0 radical (unpaired) electrons. The molecule has 10 heteroatoms. The average Bonchev–Trinajstić information content (AvgIpc) is 2.74. The number of nitrogens with zero attached hydrogens (tertiary/aromatic N) is 2. The maximum Gasteiger partial charge on any atom is 0.244 e. The van der Waals surface area contributed by atoms with Gasteiger partial charge in [-0.2, -0.15) is 0 Å². The third kappa shape index (κ3) is 6.93. The van der Waals surface area contributed by atoms with Gasteiger partial charge in [0.2, 0.25) is 21.8 Å². The lowest BCUT2D eigenvalue weighted by atomic mass is 10.1. The topological polar surface area (TPSA) is 86.8 Å². The van der Waals surface area contributed by atoms with Crippen LogP contribution >= 0.6 is 11.6 Å². The van der Waals surface area contributed by atoms with Gasteiger partial charge in [0, 0.05) is 13.1 Å². The molecule has 7 nitrogen and oxygen atoms in total. The van der Waals surface area contributed by atoms with Crippen molar-refractivity contribution in [3.8, 4) is 0 Å². The number of nitrogens with one attached hydrogen (secondary N) is 1. The highest BCUT2D eigenvalue weighted by molar-refractivity contribution is 7.92. The Morgan fingerprint density at radius 3 is 2.38 bits per heavy atom. The summed E-state index contributed by atoms with van der Waals surface area (Å²) < 4.78 is 39.2. The first-order chi connectivity index (χ1) is 15.0. The molecule has 0 aliphatic carbocycles. The summed E-state index contributed by atoms with van der Waals surface area (Å²) >= 11 is 5.81. The van der Waals surface area contributed by atoms with Crippen molar-refractivity contribution in [2.75, 3.05) is 30.2 Å². The van der Waals surface area contributed by atoms with Crippen molar-refractivity contribution < 1.29 is 22.4 Å². The number of carbonyl (C=O) groups excluding carboxylic acids is 2. The number of amides is 2. The number of hydrogen-bond donors (Lipinski definition) is 1. The third-order valence-electron chi connectivity index (χ3n) is 4.87. The van der Waals surface area contributed by atoms with Gasteiger partial charge in [-0.1, -0.05) is 41.9 Å². The molecular weight excluding hydrogens is 457 g/mol. The highest BCUT2D eigenvalue weighted by Crippen LogP contribution is 2.24. The van der Waals surface area contributed by atoms with Gasteiger partial charge in [-0.15, -0.1) is 0 Å². The molecular formula is C22H27ClFN3O4S. The first-order valence-electron chi connectivity index (χ1n) is 10.1. The van der Waals surface area contributed by atoms with Crippen LogP contribution in [0, 0.1) is 5.82 Å². The van der Waals surface area contributed by atoms with Crippen LogP contribution in [0.25, 0.3) is 0 Å². The monoisotopic (exact) mass is 483 g/mol. The predicted molar refractivity (Wildman–Crippen MR) is 124 cm³/mol. The zero-order valence-corrected chi connectivity index (χ0v) is 19.8. The molecule has 2 amide bonds. The van der Waals surface area contributed by atoms with E-state index in [1.165, 1.54) is 11.0 Å². The van der Waals surface area contributed by atoms with E-state index < -0.39 is 34.3 Å². The Bertz CT molecular complexity index is 1050. The first kappa shape index (κ1) is 25.6. The second kappa shape index (κ2) is 11.3. The fourth-order valence-electron chi connectivity index (χ4n) is 3.15. The van der Waals surface area contributed by atoms with Crippen LogP contribution in [-0.2, 0) is 26.0 Å². The largest absolute Gasteiger partial charge is 0.355 e. The molecule has 0 spiro atoms. The van der Waals surface area contributed by atoms with Crippen LogP contribution in [0.2, 0.25) is 5.02 Å². The second-order valence-corrected chi connectivity index (χ2v) is 9.58. The highest BCUT2D eigenvalue weighted by Gasteiger charge is 2.29. The van der Waals surface area contributed by atoms with Gasteiger partial charge in [0.05, 0.1) is 17.0 Å². The Balaban J connectivity index is 2.31. The number of rotatable bonds is 10. The lowest BCUT2D eigenvalue weighted by Crippen LogP contribution is -2.52. The van der Waals surface area contributed by atoms with Crippen LogP contribution in [0.3, 0.4) is 0 Å². The molecule has 2 aromatic rings. The molecule has 0 unspecified atom stereocenters. The lowest BCUT2D eigenvalue weighted by molar-refractivity contribution is -0.138. The number of sulfonamides is 1. The van der Waals surface area contributed by atoms with E-state index >= 15 is 0 Å². The third-order valence-corrected chi connectivity index (χ3v) is 6.30. The molecule has 32 heavy (non-hydrogen) atoms. The van der Waals surface area contributed by atoms with E-state index in [1.54, 1.807) is 13.8 Å². The van der Waals surface area contributed by atoms with E-state index in [9.17, 15) is 22.4 Å². The van der Waals surface area contributed by atoms with Gasteiger partial charge in [-0.05, 0) is 44.0 Å². The van der Waals surface area contributed by atoms with E-state index in [-0.39, 0.29) is 23.2 Å². The maximum atomic E-state index is 13.6. The maximum absolute atomic E-state index is 13.6. The van der Waals surface area contributed by atoms with E-state index in [2.05, 4.69) is 5.32 Å². The van der Waals surface area contributed by atoms with Gasteiger partial charge in [-0.3, -0.25) is 13.9 Å². The first-order valence-corrected chi connectivity index (χ1v) is 12.3. The van der Waals surface area contributed by atoms with Crippen molar-refractivity contribution in [3.05, 3.63) is 64.9 Å². The molecule has 2 aromatic carbocycles. The molecule has 0 heterocycles. The molecule has 0 aromatic heterocycles. The Morgan fingerprint density at radius 1 is 1.16 bits per heavy atom. The Morgan fingerprint density at radius 2 is 1.81 bits per heavy atom. The summed E-state index contributed by atoms with van der Waals surface area (Å²) in [5.74, 6) is -1.61. The summed E-state index contributed by atoms with van der Waals surface area (Å²) in [6.45, 7) is 3.41. The van der Waals surface area contributed by atoms with E-state index in [0.29, 0.717) is 13.0 Å². The summed E-state index contributed by atoms with van der Waals surface area (Å²) in [6.07, 6.45) is 1.43.